The largest absolute Gasteiger partial charge is 0.495 e. The number of carbonyl (C=O) groups is 1. The van der Waals surface area contributed by atoms with E-state index in [-0.39, 0.29) is 35.1 Å². The van der Waals surface area contributed by atoms with Crippen LogP contribution >= 0.6 is 0 Å². The fourth-order valence-corrected chi connectivity index (χ4v) is 3.52. The minimum absolute atomic E-state index is 0.0907. The first-order valence-electron chi connectivity index (χ1n) is 7.69. The van der Waals surface area contributed by atoms with Gasteiger partial charge in [-0.15, -0.1) is 0 Å². The molecule has 7 heteroatoms. The fourth-order valence-electron chi connectivity index (χ4n) is 2.21. The lowest BCUT2D eigenvalue weighted by Gasteiger charge is -2.19. The van der Waals surface area contributed by atoms with E-state index in [1.54, 1.807) is 12.1 Å². The highest BCUT2D eigenvalue weighted by Crippen LogP contribution is 2.29. The summed E-state index contributed by atoms with van der Waals surface area (Å²) in [5.41, 5.74) is 0.903. The maximum atomic E-state index is 12.8. The van der Waals surface area contributed by atoms with Gasteiger partial charge in [-0.25, -0.2) is 8.42 Å². The van der Waals surface area contributed by atoms with E-state index < -0.39 is 10.0 Å². The SMILES string of the molecule is COc1ccc(C(C)C)cc1S(=O)(=O)N(C)CC(=O)NC1CC1. The smallest absolute Gasteiger partial charge is 0.246 e. The molecule has 1 aromatic rings. The first-order valence-corrected chi connectivity index (χ1v) is 9.13. The molecule has 0 atom stereocenters. The van der Waals surface area contributed by atoms with Crippen molar-refractivity contribution < 1.29 is 17.9 Å². The van der Waals surface area contributed by atoms with Gasteiger partial charge in [0.05, 0.1) is 13.7 Å². The zero-order chi connectivity index (χ0) is 17.2. The molecule has 0 radical (unpaired) electrons. The van der Waals surface area contributed by atoms with Crippen molar-refractivity contribution in [1.82, 2.24) is 9.62 Å². The van der Waals surface area contributed by atoms with Crippen LogP contribution in [0.5, 0.6) is 5.75 Å². The summed E-state index contributed by atoms with van der Waals surface area (Å²) in [5.74, 6) is 0.194. The molecule has 1 aromatic carbocycles. The number of methoxy groups -OCH3 is 1. The summed E-state index contributed by atoms with van der Waals surface area (Å²) in [5, 5.41) is 2.79. The topological polar surface area (TPSA) is 75.7 Å². The summed E-state index contributed by atoms with van der Waals surface area (Å²) in [6.45, 7) is 3.78. The van der Waals surface area contributed by atoms with E-state index in [1.165, 1.54) is 14.2 Å². The molecule has 0 saturated heterocycles. The summed E-state index contributed by atoms with van der Waals surface area (Å²) < 4.78 is 31.8. The minimum atomic E-state index is -3.80. The molecular weight excluding hydrogens is 316 g/mol. The van der Waals surface area contributed by atoms with Gasteiger partial charge >= 0.3 is 0 Å². The Morgan fingerprint density at radius 1 is 1.39 bits per heavy atom. The Bertz CT molecular complexity index is 681. The molecule has 2 rings (SSSR count). The van der Waals surface area contributed by atoms with Gasteiger partial charge in [-0.1, -0.05) is 19.9 Å². The van der Waals surface area contributed by atoms with Crippen molar-refractivity contribution in [2.75, 3.05) is 20.7 Å². The molecule has 1 aliphatic carbocycles. The predicted molar refractivity (Wildman–Crippen MR) is 88.1 cm³/mol. The standard InChI is InChI=1S/C16H24N2O4S/c1-11(2)12-5-8-14(22-4)15(9-12)23(20,21)18(3)10-16(19)17-13-6-7-13/h5,8-9,11,13H,6-7,10H2,1-4H3,(H,17,19). The average Bonchev–Trinajstić information content (AvgIpc) is 3.29. The molecule has 0 unspecified atom stereocenters. The van der Waals surface area contributed by atoms with Gasteiger partial charge in [0.25, 0.3) is 0 Å². The van der Waals surface area contributed by atoms with Crippen LogP contribution in [0.3, 0.4) is 0 Å². The maximum Gasteiger partial charge on any atom is 0.246 e. The van der Waals surface area contributed by atoms with Crippen LogP contribution in [0, 0.1) is 0 Å². The van der Waals surface area contributed by atoms with Gasteiger partial charge in [0.1, 0.15) is 10.6 Å². The van der Waals surface area contributed by atoms with Crippen molar-refractivity contribution in [2.45, 2.75) is 43.5 Å². The van der Waals surface area contributed by atoms with Gasteiger partial charge in [-0.2, -0.15) is 4.31 Å². The van der Waals surface area contributed by atoms with Gasteiger partial charge < -0.3 is 10.1 Å². The van der Waals surface area contributed by atoms with Crippen molar-refractivity contribution in [3.05, 3.63) is 23.8 Å². The molecule has 0 bridgehead atoms. The zero-order valence-electron chi connectivity index (χ0n) is 14.0. The Balaban J connectivity index is 2.25. The van der Waals surface area contributed by atoms with Crippen molar-refractivity contribution >= 4 is 15.9 Å². The molecule has 1 N–H and O–H groups in total. The van der Waals surface area contributed by atoms with E-state index in [1.807, 2.05) is 19.9 Å². The molecule has 0 aliphatic heterocycles. The highest BCUT2D eigenvalue weighted by Gasteiger charge is 2.29. The average molecular weight is 340 g/mol. The van der Waals surface area contributed by atoms with E-state index in [0.29, 0.717) is 0 Å². The molecule has 0 aromatic heterocycles. The number of hydrogen-bond acceptors (Lipinski definition) is 4. The lowest BCUT2D eigenvalue weighted by Crippen LogP contribution is -2.39. The second kappa shape index (κ2) is 6.88. The molecular formula is C16H24N2O4S. The Morgan fingerprint density at radius 3 is 2.57 bits per heavy atom. The van der Waals surface area contributed by atoms with Crippen LogP contribution in [-0.4, -0.2) is 45.4 Å². The number of hydrogen-bond donors (Lipinski definition) is 1. The van der Waals surface area contributed by atoms with Gasteiger partial charge in [0.2, 0.25) is 15.9 Å². The highest BCUT2D eigenvalue weighted by molar-refractivity contribution is 7.89. The van der Waals surface area contributed by atoms with Crippen LogP contribution in [0.1, 0.15) is 38.2 Å². The number of rotatable bonds is 7. The van der Waals surface area contributed by atoms with Crippen LogP contribution in [0.4, 0.5) is 0 Å². The van der Waals surface area contributed by atoms with Crippen molar-refractivity contribution in [1.29, 1.82) is 0 Å². The van der Waals surface area contributed by atoms with E-state index in [4.69, 9.17) is 4.74 Å². The molecule has 23 heavy (non-hydrogen) atoms. The monoisotopic (exact) mass is 340 g/mol. The third-order valence-corrected chi connectivity index (χ3v) is 5.68. The molecule has 1 amide bonds. The lowest BCUT2D eigenvalue weighted by atomic mass is 10.0. The second-order valence-electron chi connectivity index (χ2n) is 6.17. The second-order valence-corrected chi connectivity index (χ2v) is 8.18. The van der Waals surface area contributed by atoms with E-state index in [0.717, 1.165) is 22.7 Å². The number of amides is 1. The third-order valence-electron chi connectivity index (χ3n) is 3.85. The summed E-state index contributed by atoms with van der Waals surface area (Å²) in [7, 11) is -0.961. The first kappa shape index (κ1) is 17.7. The third kappa shape index (κ3) is 4.23. The van der Waals surface area contributed by atoms with Crippen molar-refractivity contribution in [2.24, 2.45) is 0 Å². The Kier molecular flexibility index (Phi) is 5.31. The Morgan fingerprint density at radius 2 is 2.04 bits per heavy atom. The number of ether oxygens (including phenoxy) is 1. The Labute approximate surface area is 137 Å². The first-order chi connectivity index (χ1) is 10.8. The molecule has 1 saturated carbocycles. The van der Waals surface area contributed by atoms with Crippen molar-refractivity contribution in [3.63, 3.8) is 0 Å². The van der Waals surface area contributed by atoms with Gasteiger partial charge in [-0.05, 0) is 36.5 Å². The van der Waals surface area contributed by atoms with Crippen LogP contribution in [-0.2, 0) is 14.8 Å². The molecule has 1 aliphatic rings. The van der Waals surface area contributed by atoms with Crippen LogP contribution in [0.15, 0.2) is 23.1 Å². The number of benzene rings is 1. The summed E-state index contributed by atoms with van der Waals surface area (Å²) in [6, 6.07) is 5.33. The minimum Gasteiger partial charge on any atom is -0.495 e. The maximum absolute atomic E-state index is 12.8. The summed E-state index contributed by atoms with van der Waals surface area (Å²) >= 11 is 0. The van der Waals surface area contributed by atoms with E-state index >= 15 is 0 Å². The molecule has 128 valence electrons. The molecule has 0 heterocycles. The lowest BCUT2D eigenvalue weighted by molar-refractivity contribution is -0.121. The Hall–Kier alpha value is -1.60. The van der Waals surface area contributed by atoms with E-state index in [9.17, 15) is 13.2 Å². The van der Waals surface area contributed by atoms with Crippen LogP contribution in [0.25, 0.3) is 0 Å². The van der Waals surface area contributed by atoms with Gasteiger partial charge in [0.15, 0.2) is 0 Å². The number of likely N-dealkylation sites (N-methyl/N-ethyl adjacent to an activating group) is 1. The number of nitrogens with zero attached hydrogens (tertiary/aromatic N) is 1. The number of carbonyl (C=O) groups excluding carboxylic acids is 1. The highest BCUT2D eigenvalue weighted by atomic mass is 32.2. The predicted octanol–water partition coefficient (Wildman–Crippen LogP) is 1.72. The van der Waals surface area contributed by atoms with Crippen molar-refractivity contribution in [3.8, 4) is 5.75 Å². The zero-order valence-corrected chi connectivity index (χ0v) is 14.8. The van der Waals surface area contributed by atoms with Crippen LogP contribution in [0.2, 0.25) is 0 Å². The molecule has 0 spiro atoms. The fraction of sp³-hybridized carbons (Fsp3) is 0.562. The molecule has 6 nitrogen and oxygen atoms in total. The van der Waals surface area contributed by atoms with Gasteiger partial charge in [0, 0.05) is 13.1 Å². The normalized spacial score (nSPS) is 15.0. The van der Waals surface area contributed by atoms with E-state index in [2.05, 4.69) is 5.32 Å². The molecule has 1 fully saturated rings. The van der Waals surface area contributed by atoms with Gasteiger partial charge in [-0.3, -0.25) is 4.79 Å². The number of nitrogens with one attached hydrogen (secondary N) is 1. The van der Waals surface area contributed by atoms with Crippen LogP contribution < -0.4 is 10.1 Å². The quantitative estimate of drug-likeness (QED) is 0.820. The summed E-state index contributed by atoms with van der Waals surface area (Å²) in [6.07, 6.45) is 1.93. The number of sulfonamides is 1. The summed E-state index contributed by atoms with van der Waals surface area (Å²) in [4.78, 5) is 12.0.